The summed E-state index contributed by atoms with van der Waals surface area (Å²) in [5.41, 5.74) is 20.9. The summed E-state index contributed by atoms with van der Waals surface area (Å²) < 4.78 is 13.9. The minimum Gasteiger partial charge on any atom is -0.456 e. The maximum atomic E-state index is 6.53. The Morgan fingerprint density at radius 2 is 1.32 bits per heavy atom. The van der Waals surface area contributed by atoms with Gasteiger partial charge >= 0.3 is 0 Å². The second-order valence-corrected chi connectivity index (χ2v) is 17.1. The SMILES string of the molecule is C=C1C2C(CCc3cc4c(cc3-c3cccc[n+]31)c1cc(-c3c(C)cc(C)cc3C)cc3c5cc6oc7ccccc7c6cc5n4c13)c1ccccc1-c1cccc[n+]12. The average Bonchev–Trinajstić information content (AvgIpc) is 3.90. The largest absolute Gasteiger partial charge is 0.456 e. The van der Waals surface area contributed by atoms with Gasteiger partial charge in [0.15, 0.2) is 12.4 Å². The summed E-state index contributed by atoms with van der Waals surface area (Å²) in [6.07, 6.45) is 6.41. The molecule has 0 amide bonds. The number of benzene rings is 6. The van der Waals surface area contributed by atoms with Gasteiger partial charge in [-0.2, -0.15) is 9.13 Å². The molecule has 13 rings (SSSR count). The molecule has 59 heavy (non-hydrogen) atoms. The average molecular weight is 760 g/mol. The number of para-hydroxylation sites is 1. The van der Waals surface area contributed by atoms with Crippen LogP contribution in [0.4, 0.5) is 0 Å². The van der Waals surface area contributed by atoms with Gasteiger partial charge in [0, 0.05) is 62.1 Å². The summed E-state index contributed by atoms with van der Waals surface area (Å²) in [5.74, 6) is 0.251. The standard InChI is InChI=1S/C55H41N3O/c1-31-23-32(2)53(33(3)24-31)36-25-45-42-28-41-35(27-49(42)58-50-29-44-39-15-7-8-18-51(39)59-52(44)30-43(50)46(26-36)55(45)58)19-20-40-37-13-5-6-14-38(37)47-16-10-12-22-57(47)54(40)34(4)56-21-11-9-17-48(41)56/h5-18,21-30,40,54H,4,19-20H2,1-3H3/q+2. The molecule has 2 unspecified atom stereocenters. The summed E-state index contributed by atoms with van der Waals surface area (Å²) >= 11 is 0. The van der Waals surface area contributed by atoms with Crippen LogP contribution < -0.4 is 9.13 Å². The number of allylic oxidation sites excluding steroid dienone is 1. The molecule has 0 saturated carbocycles. The van der Waals surface area contributed by atoms with E-state index < -0.39 is 0 Å². The molecule has 0 spiro atoms. The van der Waals surface area contributed by atoms with Gasteiger partial charge in [0.2, 0.25) is 23.1 Å². The van der Waals surface area contributed by atoms with Crippen LogP contribution in [0.5, 0.6) is 0 Å². The fraction of sp³-hybridized carbons (Fsp3) is 0.127. The van der Waals surface area contributed by atoms with Crippen molar-refractivity contribution < 1.29 is 13.6 Å². The summed E-state index contributed by atoms with van der Waals surface area (Å²) in [6, 6.07) is 50.0. The first-order valence-corrected chi connectivity index (χ1v) is 20.9. The Hall–Kier alpha value is -7.04. The molecule has 0 fully saturated rings. The molecule has 4 nitrogen and oxygen atoms in total. The molecular weight excluding hydrogens is 719 g/mol. The second kappa shape index (κ2) is 11.8. The van der Waals surface area contributed by atoms with Crippen LogP contribution in [0.15, 0.2) is 157 Å². The summed E-state index contributed by atoms with van der Waals surface area (Å²) in [5, 5.41) is 7.34. The lowest BCUT2D eigenvalue weighted by molar-refractivity contribution is -0.727. The Bertz CT molecular complexity index is 3610. The molecule has 6 aromatic carbocycles. The minimum absolute atomic E-state index is 0.0675. The molecule has 0 saturated heterocycles. The van der Waals surface area contributed by atoms with Crippen molar-refractivity contribution in [1.29, 1.82) is 0 Å². The van der Waals surface area contributed by atoms with E-state index in [-0.39, 0.29) is 12.0 Å². The van der Waals surface area contributed by atoms with E-state index in [9.17, 15) is 0 Å². The molecule has 0 N–H and O–H groups in total. The predicted octanol–water partition coefficient (Wildman–Crippen LogP) is 13.0. The van der Waals surface area contributed by atoms with Gasteiger partial charge in [-0.1, -0.05) is 54.1 Å². The van der Waals surface area contributed by atoms with E-state index in [1.165, 1.54) is 99.6 Å². The van der Waals surface area contributed by atoms with Gasteiger partial charge in [0.25, 0.3) is 0 Å². The number of aryl methyl sites for hydroxylation is 4. The molecule has 7 heterocycles. The first kappa shape index (κ1) is 33.0. The molecular formula is C55H41N3O+2. The number of rotatable bonds is 1. The lowest BCUT2D eigenvalue weighted by Crippen LogP contribution is -2.53. The van der Waals surface area contributed by atoms with E-state index in [0.717, 1.165) is 40.5 Å². The third-order valence-corrected chi connectivity index (χ3v) is 13.8. The van der Waals surface area contributed by atoms with Crippen LogP contribution in [0.25, 0.3) is 99.4 Å². The van der Waals surface area contributed by atoms with Crippen molar-refractivity contribution in [2.24, 2.45) is 0 Å². The zero-order valence-corrected chi connectivity index (χ0v) is 33.4. The van der Waals surface area contributed by atoms with Crippen LogP contribution in [0.3, 0.4) is 0 Å². The van der Waals surface area contributed by atoms with E-state index in [2.05, 4.69) is 180 Å². The van der Waals surface area contributed by atoms with Crippen molar-refractivity contribution in [3.05, 3.63) is 180 Å². The zero-order valence-electron chi connectivity index (χ0n) is 33.4. The van der Waals surface area contributed by atoms with E-state index in [4.69, 9.17) is 11.0 Å². The topological polar surface area (TPSA) is 25.3 Å². The zero-order chi connectivity index (χ0) is 39.3. The Morgan fingerprint density at radius 3 is 2.17 bits per heavy atom. The van der Waals surface area contributed by atoms with Crippen molar-refractivity contribution in [1.82, 2.24) is 4.40 Å². The lowest BCUT2D eigenvalue weighted by atomic mass is 9.78. The van der Waals surface area contributed by atoms with E-state index >= 15 is 0 Å². The van der Waals surface area contributed by atoms with Gasteiger partial charge in [-0.3, -0.25) is 0 Å². The highest BCUT2D eigenvalue weighted by atomic mass is 16.3. The van der Waals surface area contributed by atoms with Crippen molar-refractivity contribution in [2.45, 2.75) is 45.6 Å². The highest BCUT2D eigenvalue weighted by Gasteiger charge is 2.46. The third kappa shape index (κ3) is 4.44. The van der Waals surface area contributed by atoms with Crippen molar-refractivity contribution in [3.8, 4) is 33.6 Å². The monoisotopic (exact) mass is 759 g/mol. The molecule has 5 aromatic heterocycles. The maximum absolute atomic E-state index is 6.53. The smallest absolute Gasteiger partial charge is 0.249 e. The molecule has 280 valence electrons. The Morgan fingerprint density at radius 1 is 0.610 bits per heavy atom. The molecule has 0 radical (unpaired) electrons. The summed E-state index contributed by atoms with van der Waals surface area (Å²) in [4.78, 5) is 0. The van der Waals surface area contributed by atoms with Gasteiger partial charge < -0.3 is 8.82 Å². The van der Waals surface area contributed by atoms with Gasteiger partial charge in [-0.05, 0) is 134 Å². The highest BCUT2D eigenvalue weighted by molar-refractivity contribution is 6.27. The third-order valence-electron chi connectivity index (χ3n) is 13.8. The first-order valence-electron chi connectivity index (χ1n) is 20.9. The van der Waals surface area contributed by atoms with Crippen LogP contribution >= 0.6 is 0 Å². The fourth-order valence-electron chi connectivity index (χ4n) is 11.5. The molecule has 2 aliphatic rings. The number of fused-ring (bicyclic) bond motifs is 18. The molecule has 2 atom stereocenters. The highest BCUT2D eigenvalue weighted by Crippen LogP contribution is 2.48. The van der Waals surface area contributed by atoms with Crippen molar-refractivity contribution >= 4 is 65.7 Å². The van der Waals surface area contributed by atoms with Gasteiger partial charge in [-0.25, -0.2) is 0 Å². The lowest BCUT2D eigenvalue weighted by Gasteiger charge is -2.29. The van der Waals surface area contributed by atoms with Crippen LogP contribution in [-0.4, -0.2) is 4.40 Å². The molecule has 11 aromatic rings. The first-order chi connectivity index (χ1) is 28.9. The summed E-state index contributed by atoms with van der Waals surface area (Å²) in [7, 11) is 0. The predicted molar refractivity (Wildman–Crippen MR) is 241 cm³/mol. The van der Waals surface area contributed by atoms with Gasteiger partial charge in [0.05, 0.1) is 28.0 Å². The number of aromatic nitrogens is 3. The van der Waals surface area contributed by atoms with Crippen LogP contribution in [0, 0.1) is 20.8 Å². The van der Waals surface area contributed by atoms with Crippen molar-refractivity contribution in [2.75, 3.05) is 0 Å². The van der Waals surface area contributed by atoms with Gasteiger partial charge in [-0.15, -0.1) is 0 Å². The second-order valence-electron chi connectivity index (χ2n) is 17.1. The number of hydrogen-bond donors (Lipinski definition) is 0. The van der Waals surface area contributed by atoms with Crippen molar-refractivity contribution in [3.63, 3.8) is 0 Å². The Balaban J connectivity index is 1.13. The van der Waals surface area contributed by atoms with E-state index in [0.29, 0.717) is 0 Å². The molecule has 0 aliphatic carbocycles. The maximum Gasteiger partial charge on any atom is 0.249 e. The number of hydrogen-bond acceptors (Lipinski definition) is 1. The fourth-order valence-corrected chi connectivity index (χ4v) is 11.5. The molecule has 4 heteroatoms. The van der Waals surface area contributed by atoms with Gasteiger partial charge in [0.1, 0.15) is 11.2 Å². The van der Waals surface area contributed by atoms with Crippen LogP contribution in [0.2, 0.25) is 0 Å². The number of nitrogens with zero attached hydrogens (tertiary/aromatic N) is 3. The Labute approximate surface area is 341 Å². The molecule has 2 aliphatic heterocycles. The Kier molecular flexibility index (Phi) is 6.58. The summed E-state index contributed by atoms with van der Waals surface area (Å²) in [6.45, 7) is 11.6. The minimum atomic E-state index is 0.0675. The van der Waals surface area contributed by atoms with Crippen LogP contribution in [0.1, 0.15) is 46.2 Å². The normalized spacial score (nSPS) is 16.3. The van der Waals surface area contributed by atoms with Crippen LogP contribution in [-0.2, 0) is 6.42 Å². The van der Waals surface area contributed by atoms with E-state index in [1.807, 2.05) is 0 Å². The van der Waals surface area contributed by atoms with E-state index in [1.54, 1.807) is 0 Å². The molecule has 0 bridgehead atoms. The number of furan rings is 1. The number of pyridine rings is 2. The quantitative estimate of drug-likeness (QED) is 0.153.